The summed E-state index contributed by atoms with van der Waals surface area (Å²) in [6.45, 7) is 0. The molecule has 2 rings (SSSR count). The summed E-state index contributed by atoms with van der Waals surface area (Å²) in [6.07, 6.45) is 0. The number of nitrogens with zero attached hydrogens (tertiary/aromatic N) is 1. The van der Waals surface area contributed by atoms with Crippen LogP contribution in [0.5, 0.6) is 5.88 Å². The Balaban J connectivity index is 2.58. The zero-order chi connectivity index (χ0) is 11.7. The van der Waals surface area contributed by atoms with Crippen LogP contribution in [-0.4, -0.2) is 15.1 Å². The molecule has 0 aliphatic rings. The molecule has 0 radical (unpaired) electrons. The molecule has 82 valence electrons. The van der Waals surface area contributed by atoms with E-state index in [1.807, 2.05) is 0 Å². The number of hydrogen-bond donors (Lipinski definition) is 2. The first kappa shape index (κ1) is 10.6. The second-order valence-corrected chi connectivity index (χ2v) is 3.49. The molecule has 0 spiro atoms. The minimum atomic E-state index is -0.562. The van der Waals surface area contributed by atoms with Gasteiger partial charge in [0.15, 0.2) is 0 Å². The van der Waals surface area contributed by atoms with Crippen LogP contribution in [-0.2, 0) is 0 Å². The van der Waals surface area contributed by atoms with E-state index in [1.54, 1.807) is 0 Å². The molecular weight excluding hydrogens is 235 g/mol. The fourth-order valence-corrected chi connectivity index (χ4v) is 1.41. The minimum absolute atomic E-state index is 0.0801. The second kappa shape index (κ2) is 3.94. The number of aromatic hydroxyl groups is 1. The summed E-state index contributed by atoms with van der Waals surface area (Å²) in [5, 5.41) is 9.06. The molecule has 0 bridgehead atoms. The van der Waals surface area contributed by atoms with Gasteiger partial charge in [0.25, 0.3) is 5.56 Å². The Labute approximate surface area is 94.4 Å². The average molecular weight is 241 g/mol. The third-order valence-corrected chi connectivity index (χ3v) is 2.21. The molecule has 1 aromatic heterocycles. The van der Waals surface area contributed by atoms with Crippen LogP contribution in [0.3, 0.4) is 0 Å². The molecular formula is C10H6ClFN2O2. The second-order valence-electron chi connectivity index (χ2n) is 3.08. The van der Waals surface area contributed by atoms with Gasteiger partial charge in [-0.2, -0.15) is 4.98 Å². The monoisotopic (exact) mass is 240 g/mol. The van der Waals surface area contributed by atoms with Crippen molar-refractivity contribution in [2.45, 2.75) is 0 Å². The molecule has 1 aromatic carbocycles. The Kier molecular flexibility index (Phi) is 2.62. The van der Waals surface area contributed by atoms with Crippen LogP contribution in [0, 0.1) is 5.82 Å². The van der Waals surface area contributed by atoms with Crippen molar-refractivity contribution in [3.8, 4) is 17.3 Å². The Morgan fingerprint density at radius 2 is 2.12 bits per heavy atom. The van der Waals surface area contributed by atoms with Crippen LogP contribution in [0.1, 0.15) is 0 Å². The number of nitrogens with one attached hydrogen (secondary N) is 1. The van der Waals surface area contributed by atoms with E-state index in [9.17, 15) is 9.18 Å². The Morgan fingerprint density at radius 3 is 2.75 bits per heavy atom. The number of rotatable bonds is 1. The van der Waals surface area contributed by atoms with Crippen LogP contribution >= 0.6 is 11.6 Å². The van der Waals surface area contributed by atoms with Crippen molar-refractivity contribution in [3.63, 3.8) is 0 Å². The first-order chi connectivity index (χ1) is 7.56. The van der Waals surface area contributed by atoms with Crippen LogP contribution in [0.2, 0.25) is 5.02 Å². The normalized spacial score (nSPS) is 10.4. The highest BCUT2D eigenvalue weighted by Gasteiger charge is 2.06. The summed E-state index contributed by atoms with van der Waals surface area (Å²) in [4.78, 5) is 17.2. The zero-order valence-corrected chi connectivity index (χ0v) is 8.62. The van der Waals surface area contributed by atoms with Crippen molar-refractivity contribution in [3.05, 3.63) is 45.5 Å². The van der Waals surface area contributed by atoms with Crippen LogP contribution in [0.25, 0.3) is 11.4 Å². The smallest absolute Gasteiger partial charge is 0.254 e. The largest absolute Gasteiger partial charge is 0.493 e. The van der Waals surface area contributed by atoms with Gasteiger partial charge in [-0.05, 0) is 18.2 Å². The molecule has 0 atom stereocenters. The maximum absolute atomic E-state index is 12.9. The fourth-order valence-electron chi connectivity index (χ4n) is 1.22. The van der Waals surface area contributed by atoms with E-state index in [-0.39, 0.29) is 10.8 Å². The molecule has 0 unspecified atom stereocenters. The van der Waals surface area contributed by atoms with Gasteiger partial charge in [-0.15, -0.1) is 0 Å². The Morgan fingerprint density at radius 1 is 1.38 bits per heavy atom. The Bertz CT molecular complexity index is 598. The number of aromatic amines is 1. The predicted octanol–water partition coefficient (Wildman–Crippen LogP) is 1.93. The lowest BCUT2D eigenvalue weighted by molar-refractivity contribution is 0.452. The van der Waals surface area contributed by atoms with Crippen LogP contribution in [0.15, 0.2) is 29.1 Å². The summed E-state index contributed by atoms with van der Waals surface area (Å²) in [7, 11) is 0. The molecule has 2 aromatic rings. The van der Waals surface area contributed by atoms with E-state index in [1.165, 1.54) is 12.1 Å². The highest BCUT2D eigenvalue weighted by Crippen LogP contribution is 2.22. The van der Waals surface area contributed by atoms with Crippen molar-refractivity contribution < 1.29 is 9.50 Å². The number of halogens is 2. The van der Waals surface area contributed by atoms with Gasteiger partial charge in [-0.3, -0.25) is 4.79 Å². The standard InChI is InChI=1S/C10H6ClFN2O2/c11-6-3-5(1-2-7(6)12)10-13-8(15)4-9(16)14-10/h1-4H,(H2,13,14,15,16). The van der Waals surface area contributed by atoms with Gasteiger partial charge in [-0.1, -0.05) is 11.6 Å². The average Bonchev–Trinajstić information content (AvgIpc) is 2.20. The van der Waals surface area contributed by atoms with Crippen molar-refractivity contribution >= 4 is 11.6 Å². The van der Waals surface area contributed by atoms with Gasteiger partial charge < -0.3 is 10.1 Å². The van der Waals surface area contributed by atoms with Gasteiger partial charge in [0.2, 0.25) is 5.88 Å². The molecule has 1 heterocycles. The van der Waals surface area contributed by atoms with E-state index in [0.29, 0.717) is 5.56 Å². The summed E-state index contributed by atoms with van der Waals surface area (Å²) in [6, 6.07) is 4.81. The Hall–Kier alpha value is -1.88. The van der Waals surface area contributed by atoms with Gasteiger partial charge in [-0.25, -0.2) is 4.39 Å². The molecule has 0 amide bonds. The predicted molar refractivity (Wildman–Crippen MR) is 56.9 cm³/mol. The first-order valence-corrected chi connectivity index (χ1v) is 4.70. The lowest BCUT2D eigenvalue weighted by Gasteiger charge is -2.02. The van der Waals surface area contributed by atoms with Crippen LogP contribution < -0.4 is 5.56 Å². The van der Waals surface area contributed by atoms with E-state index < -0.39 is 17.3 Å². The maximum Gasteiger partial charge on any atom is 0.254 e. The molecule has 0 saturated heterocycles. The molecule has 0 aliphatic heterocycles. The van der Waals surface area contributed by atoms with Crippen molar-refractivity contribution in [1.82, 2.24) is 9.97 Å². The lowest BCUT2D eigenvalue weighted by atomic mass is 10.2. The summed E-state index contributed by atoms with van der Waals surface area (Å²) >= 11 is 5.59. The molecule has 16 heavy (non-hydrogen) atoms. The van der Waals surface area contributed by atoms with Gasteiger partial charge >= 0.3 is 0 Å². The molecule has 4 nitrogen and oxygen atoms in total. The van der Waals surface area contributed by atoms with Crippen molar-refractivity contribution in [2.24, 2.45) is 0 Å². The van der Waals surface area contributed by atoms with Gasteiger partial charge in [0.1, 0.15) is 11.6 Å². The van der Waals surface area contributed by atoms with E-state index in [2.05, 4.69) is 9.97 Å². The van der Waals surface area contributed by atoms with Crippen LogP contribution in [0.4, 0.5) is 4.39 Å². The first-order valence-electron chi connectivity index (χ1n) is 4.32. The third kappa shape index (κ3) is 2.04. The molecule has 0 fully saturated rings. The highest BCUT2D eigenvalue weighted by molar-refractivity contribution is 6.31. The molecule has 2 N–H and O–H groups in total. The topological polar surface area (TPSA) is 66.0 Å². The minimum Gasteiger partial charge on any atom is -0.493 e. The summed E-state index contributed by atoms with van der Waals surface area (Å²) in [5.74, 6) is -0.834. The highest BCUT2D eigenvalue weighted by atomic mass is 35.5. The SMILES string of the molecule is O=c1cc(O)nc(-c2ccc(F)c(Cl)c2)[nH]1. The van der Waals surface area contributed by atoms with Gasteiger partial charge in [0.05, 0.1) is 11.1 Å². The molecule has 0 saturated carbocycles. The maximum atomic E-state index is 12.9. The van der Waals surface area contributed by atoms with Crippen molar-refractivity contribution in [1.29, 1.82) is 0 Å². The lowest BCUT2D eigenvalue weighted by Crippen LogP contribution is -2.06. The summed E-state index contributed by atoms with van der Waals surface area (Å²) in [5.41, 5.74) is -0.0812. The number of aromatic nitrogens is 2. The van der Waals surface area contributed by atoms with Crippen molar-refractivity contribution in [2.75, 3.05) is 0 Å². The summed E-state index contributed by atoms with van der Waals surface area (Å²) < 4.78 is 12.9. The number of H-pyrrole nitrogens is 1. The number of benzene rings is 1. The third-order valence-electron chi connectivity index (χ3n) is 1.92. The van der Waals surface area contributed by atoms with E-state index in [0.717, 1.165) is 12.1 Å². The number of hydrogen-bond acceptors (Lipinski definition) is 3. The zero-order valence-electron chi connectivity index (χ0n) is 7.87. The molecule has 6 heteroatoms. The molecule has 0 aliphatic carbocycles. The fraction of sp³-hybridized carbons (Fsp3) is 0. The van der Waals surface area contributed by atoms with Gasteiger partial charge in [0, 0.05) is 5.56 Å². The quantitative estimate of drug-likeness (QED) is 0.801. The van der Waals surface area contributed by atoms with E-state index >= 15 is 0 Å². The van der Waals surface area contributed by atoms with E-state index in [4.69, 9.17) is 16.7 Å².